The van der Waals surface area contributed by atoms with Crippen LogP contribution in [-0.4, -0.2) is 70.1 Å². The Bertz CT molecular complexity index is 820. The number of esters is 1. The first kappa shape index (κ1) is 22.0. The fourth-order valence-electron chi connectivity index (χ4n) is 3.12. The number of amides is 1. The maximum absolute atomic E-state index is 12.7. The second kappa shape index (κ2) is 9.27. The largest absolute Gasteiger partial charge is 0.497 e. The molecule has 1 fully saturated rings. The Labute approximate surface area is 165 Å². The highest BCUT2D eigenvalue weighted by atomic mass is 32.2. The first-order chi connectivity index (χ1) is 13.2. The van der Waals surface area contributed by atoms with E-state index in [9.17, 15) is 18.0 Å². The maximum atomic E-state index is 12.7. The predicted molar refractivity (Wildman–Crippen MR) is 103 cm³/mol. The Kier molecular flexibility index (Phi) is 7.29. The second-order valence-corrected chi connectivity index (χ2v) is 9.37. The molecule has 0 spiro atoms. The van der Waals surface area contributed by atoms with Gasteiger partial charge in [-0.15, -0.1) is 0 Å². The van der Waals surface area contributed by atoms with Crippen molar-refractivity contribution in [2.24, 2.45) is 5.92 Å². The second-order valence-electron chi connectivity index (χ2n) is 7.14. The van der Waals surface area contributed by atoms with Crippen LogP contribution in [0.2, 0.25) is 0 Å². The van der Waals surface area contributed by atoms with Crippen LogP contribution in [0.15, 0.2) is 18.2 Å². The van der Waals surface area contributed by atoms with Gasteiger partial charge < -0.3 is 19.1 Å². The van der Waals surface area contributed by atoms with Crippen molar-refractivity contribution < 1.29 is 32.2 Å². The number of methoxy groups -OCH3 is 2. The average Bonchev–Trinajstić information content (AvgIpc) is 3.02. The summed E-state index contributed by atoms with van der Waals surface area (Å²) < 4.78 is 39.0. The van der Waals surface area contributed by atoms with Crippen LogP contribution in [0, 0.1) is 5.92 Å². The minimum absolute atomic E-state index is 0.0499. The van der Waals surface area contributed by atoms with Crippen LogP contribution in [0.25, 0.3) is 0 Å². The van der Waals surface area contributed by atoms with Crippen LogP contribution in [0.1, 0.15) is 30.6 Å². The molecule has 1 aliphatic heterocycles. The first-order valence-corrected chi connectivity index (χ1v) is 10.9. The highest BCUT2D eigenvalue weighted by Gasteiger charge is 2.35. The van der Waals surface area contributed by atoms with E-state index >= 15 is 0 Å². The number of nitrogens with zero attached hydrogens (tertiary/aromatic N) is 1. The van der Waals surface area contributed by atoms with Gasteiger partial charge in [0.2, 0.25) is 0 Å². The third-order valence-corrected chi connectivity index (χ3v) is 6.24. The summed E-state index contributed by atoms with van der Waals surface area (Å²) >= 11 is 0. The highest BCUT2D eigenvalue weighted by molar-refractivity contribution is 7.91. The average molecular weight is 413 g/mol. The number of carbonyl (C=O) groups excluding carboxylic acids is 2. The molecule has 1 aliphatic rings. The van der Waals surface area contributed by atoms with Crippen LogP contribution < -0.4 is 9.47 Å². The van der Waals surface area contributed by atoms with Gasteiger partial charge in [0, 0.05) is 18.7 Å². The lowest BCUT2D eigenvalue weighted by Crippen LogP contribution is -2.45. The van der Waals surface area contributed by atoms with Gasteiger partial charge in [-0.2, -0.15) is 0 Å². The van der Waals surface area contributed by atoms with E-state index in [1.807, 2.05) is 13.8 Å². The number of hydrogen-bond donors (Lipinski definition) is 0. The summed E-state index contributed by atoms with van der Waals surface area (Å²) in [6.07, 6.45) is 0.404. The molecule has 1 aromatic carbocycles. The molecule has 156 valence electrons. The van der Waals surface area contributed by atoms with Gasteiger partial charge >= 0.3 is 5.97 Å². The van der Waals surface area contributed by atoms with Gasteiger partial charge in [0.25, 0.3) is 5.91 Å². The van der Waals surface area contributed by atoms with Crippen molar-refractivity contribution in [3.63, 3.8) is 0 Å². The van der Waals surface area contributed by atoms with Gasteiger partial charge in [-0.1, -0.05) is 13.8 Å². The molecular weight excluding hydrogens is 386 g/mol. The molecule has 1 amide bonds. The fourth-order valence-corrected chi connectivity index (χ4v) is 4.85. The van der Waals surface area contributed by atoms with Crippen LogP contribution in [0.5, 0.6) is 11.5 Å². The molecule has 0 saturated carbocycles. The van der Waals surface area contributed by atoms with E-state index < -0.39 is 28.3 Å². The molecule has 28 heavy (non-hydrogen) atoms. The van der Waals surface area contributed by atoms with Crippen molar-refractivity contribution in [2.75, 3.05) is 38.9 Å². The van der Waals surface area contributed by atoms with Gasteiger partial charge in [-0.05, 0) is 24.5 Å². The normalized spacial score (nSPS) is 18.0. The molecule has 1 heterocycles. The molecule has 0 unspecified atom stereocenters. The quantitative estimate of drug-likeness (QED) is 0.596. The van der Waals surface area contributed by atoms with Crippen molar-refractivity contribution in [3.05, 3.63) is 23.8 Å². The summed E-state index contributed by atoms with van der Waals surface area (Å²) in [7, 11) is -0.213. The summed E-state index contributed by atoms with van der Waals surface area (Å²) in [5.41, 5.74) is 0.176. The predicted octanol–water partition coefficient (Wildman–Crippen LogP) is 1.53. The van der Waals surface area contributed by atoms with E-state index in [2.05, 4.69) is 0 Å². The van der Waals surface area contributed by atoms with Crippen molar-refractivity contribution in [1.29, 1.82) is 0 Å². The lowest BCUT2D eigenvalue weighted by molar-refractivity contribution is -0.137. The van der Waals surface area contributed by atoms with Crippen LogP contribution >= 0.6 is 0 Å². The maximum Gasteiger partial charge on any atom is 0.342 e. The molecule has 0 aliphatic carbocycles. The van der Waals surface area contributed by atoms with Crippen molar-refractivity contribution in [3.8, 4) is 11.5 Å². The van der Waals surface area contributed by atoms with Crippen LogP contribution in [-0.2, 0) is 19.4 Å². The number of rotatable bonds is 8. The van der Waals surface area contributed by atoms with Crippen LogP contribution in [0.4, 0.5) is 0 Å². The molecule has 2 rings (SSSR count). The summed E-state index contributed by atoms with van der Waals surface area (Å²) in [5.74, 6) is -0.126. The van der Waals surface area contributed by atoms with E-state index in [4.69, 9.17) is 14.2 Å². The van der Waals surface area contributed by atoms with E-state index in [0.717, 1.165) is 0 Å². The standard InChI is InChI=1S/C19H27NO7S/c1-13(2)10-20(14-7-8-28(23,24)12-14)18(21)11-27-19(22)16-6-5-15(25-3)9-17(16)26-4/h5-6,9,13-14H,7-8,10-12H2,1-4H3/t14-/m0/s1. The highest BCUT2D eigenvalue weighted by Crippen LogP contribution is 2.25. The number of benzene rings is 1. The Morgan fingerprint density at radius 1 is 1.21 bits per heavy atom. The smallest absolute Gasteiger partial charge is 0.342 e. The van der Waals surface area contributed by atoms with Crippen LogP contribution in [0.3, 0.4) is 0 Å². The molecular formula is C19H27NO7S. The molecule has 0 aromatic heterocycles. The summed E-state index contributed by atoms with van der Waals surface area (Å²) in [4.78, 5) is 26.6. The molecule has 1 saturated heterocycles. The van der Waals surface area contributed by atoms with Gasteiger partial charge in [0.15, 0.2) is 16.4 Å². The molecule has 1 atom stereocenters. The molecule has 0 radical (unpaired) electrons. The number of carbonyl (C=O) groups is 2. The molecule has 0 bridgehead atoms. The number of hydrogen-bond acceptors (Lipinski definition) is 7. The molecule has 1 aromatic rings. The first-order valence-electron chi connectivity index (χ1n) is 9.06. The number of sulfone groups is 1. The van der Waals surface area contributed by atoms with Crippen molar-refractivity contribution >= 4 is 21.7 Å². The third kappa shape index (κ3) is 5.60. The Balaban J connectivity index is 2.06. The zero-order chi connectivity index (χ0) is 20.9. The Morgan fingerprint density at radius 3 is 2.46 bits per heavy atom. The monoisotopic (exact) mass is 413 g/mol. The SMILES string of the molecule is COc1ccc(C(=O)OCC(=O)N(CC(C)C)[C@H]2CCS(=O)(=O)C2)c(OC)c1. The number of ether oxygens (including phenoxy) is 3. The van der Waals surface area contributed by atoms with E-state index in [-0.39, 0.29) is 34.8 Å². The zero-order valence-electron chi connectivity index (χ0n) is 16.6. The fraction of sp³-hybridized carbons (Fsp3) is 0.579. The lowest BCUT2D eigenvalue weighted by atomic mass is 10.1. The Hall–Kier alpha value is -2.29. The minimum Gasteiger partial charge on any atom is -0.497 e. The Morgan fingerprint density at radius 2 is 1.93 bits per heavy atom. The van der Waals surface area contributed by atoms with Gasteiger partial charge in [-0.3, -0.25) is 4.79 Å². The van der Waals surface area contributed by atoms with Crippen molar-refractivity contribution in [1.82, 2.24) is 4.90 Å². The van der Waals surface area contributed by atoms with Gasteiger partial charge in [-0.25, -0.2) is 13.2 Å². The topological polar surface area (TPSA) is 99.2 Å². The molecule has 0 N–H and O–H groups in total. The van der Waals surface area contributed by atoms with Crippen molar-refractivity contribution in [2.45, 2.75) is 26.3 Å². The van der Waals surface area contributed by atoms with E-state index in [0.29, 0.717) is 18.7 Å². The summed E-state index contributed by atoms with van der Waals surface area (Å²) in [6.45, 7) is 3.83. The zero-order valence-corrected chi connectivity index (χ0v) is 17.5. The molecule has 8 nitrogen and oxygen atoms in total. The minimum atomic E-state index is -3.13. The van der Waals surface area contributed by atoms with E-state index in [1.165, 1.54) is 25.2 Å². The lowest BCUT2D eigenvalue weighted by Gasteiger charge is -2.29. The summed E-state index contributed by atoms with van der Waals surface area (Å²) in [5, 5.41) is 0. The molecule has 9 heteroatoms. The third-order valence-electron chi connectivity index (χ3n) is 4.49. The summed E-state index contributed by atoms with van der Waals surface area (Å²) in [6, 6.07) is 4.26. The van der Waals surface area contributed by atoms with Gasteiger partial charge in [0.05, 0.1) is 25.7 Å². The van der Waals surface area contributed by atoms with E-state index in [1.54, 1.807) is 12.1 Å². The van der Waals surface area contributed by atoms with Gasteiger partial charge in [0.1, 0.15) is 17.1 Å².